The summed E-state index contributed by atoms with van der Waals surface area (Å²) in [5, 5.41) is 0. The summed E-state index contributed by atoms with van der Waals surface area (Å²) in [6.45, 7) is 0. The van der Waals surface area contributed by atoms with Crippen LogP contribution in [0.2, 0.25) is 0 Å². The van der Waals surface area contributed by atoms with E-state index >= 15 is 0 Å². The molecule has 0 aromatic carbocycles. The second kappa shape index (κ2) is 4.67. The van der Waals surface area contributed by atoms with E-state index in [-0.39, 0.29) is 51.4 Å². The van der Waals surface area contributed by atoms with Crippen LogP contribution in [0.15, 0.2) is 0 Å². The Hall–Kier alpha value is 0.936. The first kappa shape index (κ1) is 18.3. The SMILES string of the molecule is FC(F)(F)C(F)(F)C(F)(F)C(F)(F)F.[K+]. The zero-order valence-corrected chi connectivity index (χ0v) is 9.90. The molecular formula is C4F10K+. The van der Waals surface area contributed by atoms with Crippen LogP contribution in [0, 0.1) is 0 Å². The van der Waals surface area contributed by atoms with Gasteiger partial charge in [0.2, 0.25) is 0 Å². The molecule has 0 bridgehead atoms. The van der Waals surface area contributed by atoms with E-state index in [1.165, 1.54) is 0 Å². The molecule has 0 amide bonds. The quantitative estimate of drug-likeness (QED) is 0.480. The Morgan fingerprint density at radius 1 is 0.400 bits per heavy atom. The zero-order valence-electron chi connectivity index (χ0n) is 6.78. The van der Waals surface area contributed by atoms with Gasteiger partial charge in [0.15, 0.2) is 0 Å². The molecule has 0 fully saturated rings. The normalized spacial score (nSPS) is 14.8. The summed E-state index contributed by atoms with van der Waals surface area (Å²) < 4.78 is 113. The van der Waals surface area contributed by atoms with Gasteiger partial charge in [0.05, 0.1) is 0 Å². The average Bonchev–Trinajstić information content (AvgIpc) is 1.81. The number of halogens is 10. The van der Waals surface area contributed by atoms with Gasteiger partial charge in [0.1, 0.15) is 0 Å². The molecule has 0 aromatic heterocycles. The molecule has 0 aliphatic carbocycles. The minimum atomic E-state index is -7.14. The summed E-state index contributed by atoms with van der Waals surface area (Å²) in [6, 6.07) is 0. The van der Waals surface area contributed by atoms with Crippen LogP contribution in [0.25, 0.3) is 0 Å². The van der Waals surface area contributed by atoms with Crippen molar-refractivity contribution in [3.63, 3.8) is 0 Å². The maximum atomic E-state index is 11.6. The molecule has 11 heteroatoms. The molecule has 86 valence electrons. The maximum Gasteiger partial charge on any atom is 1.00 e. The molecule has 15 heavy (non-hydrogen) atoms. The number of rotatable bonds is 1. The van der Waals surface area contributed by atoms with Crippen LogP contribution in [-0.4, -0.2) is 24.2 Å². The third-order valence-electron chi connectivity index (χ3n) is 1.11. The van der Waals surface area contributed by atoms with Crippen molar-refractivity contribution in [2.24, 2.45) is 0 Å². The van der Waals surface area contributed by atoms with E-state index in [2.05, 4.69) is 0 Å². The van der Waals surface area contributed by atoms with Gasteiger partial charge in [-0.3, -0.25) is 0 Å². The second-order valence-electron chi connectivity index (χ2n) is 2.14. The van der Waals surface area contributed by atoms with Crippen LogP contribution < -0.4 is 51.4 Å². The van der Waals surface area contributed by atoms with E-state index in [1.54, 1.807) is 0 Å². The summed E-state index contributed by atoms with van der Waals surface area (Å²) in [5.74, 6) is -14.3. The molecule has 0 aromatic rings. The Kier molecular flexibility index (Phi) is 5.69. The smallest absolute Gasteiger partial charge is 0.189 e. The topological polar surface area (TPSA) is 0 Å². The number of hydrogen-bond donors (Lipinski definition) is 0. The molecule has 0 unspecified atom stereocenters. The summed E-state index contributed by atoms with van der Waals surface area (Å²) in [6.07, 6.45) is -13.9. The van der Waals surface area contributed by atoms with Gasteiger partial charge < -0.3 is 0 Å². The summed E-state index contributed by atoms with van der Waals surface area (Å²) in [7, 11) is 0. The molecular weight excluding hydrogens is 277 g/mol. The van der Waals surface area contributed by atoms with E-state index < -0.39 is 24.2 Å². The Morgan fingerprint density at radius 3 is 0.600 bits per heavy atom. The Morgan fingerprint density at radius 2 is 0.533 bits per heavy atom. The molecule has 0 atom stereocenters. The van der Waals surface area contributed by atoms with Crippen molar-refractivity contribution in [2.45, 2.75) is 24.2 Å². The van der Waals surface area contributed by atoms with Gasteiger partial charge in [-0.25, -0.2) is 0 Å². The fraction of sp³-hybridized carbons (Fsp3) is 1.00. The first-order valence-corrected chi connectivity index (χ1v) is 2.64. The second-order valence-corrected chi connectivity index (χ2v) is 2.14. The monoisotopic (exact) mass is 277 g/mol. The van der Waals surface area contributed by atoms with E-state index in [0.29, 0.717) is 0 Å². The Labute approximate surface area is 118 Å². The predicted octanol–water partition coefficient (Wildman–Crippen LogP) is 0.386. The van der Waals surface area contributed by atoms with Crippen LogP contribution in [0.1, 0.15) is 0 Å². The minimum absolute atomic E-state index is 0. The van der Waals surface area contributed by atoms with E-state index in [1.807, 2.05) is 0 Å². The average molecular weight is 277 g/mol. The zero-order chi connectivity index (χ0) is 12.0. The van der Waals surface area contributed by atoms with Crippen molar-refractivity contribution in [3.8, 4) is 0 Å². The van der Waals surface area contributed by atoms with Crippen LogP contribution in [0.4, 0.5) is 43.9 Å². The molecule has 0 heterocycles. The molecule has 0 N–H and O–H groups in total. The standard InChI is InChI=1S/C4F10.K/c5-1(6,3(9,10)11)2(7,8)4(12,13)14;/q;+1. The molecule has 0 aliphatic heterocycles. The molecule has 0 saturated heterocycles. The van der Waals surface area contributed by atoms with Crippen molar-refractivity contribution in [2.75, 3.05) is 0 Å². The molecule has 0 spiro atoms. The molecule has 0 aliphatic rings. The Balaban J connectivity index is 0. The van der Waals surface area contributed by atoms with Crippen LogP contribution in [0.3, 0.4) is 0 Å². The van der Waals surface area contributed by atoms with Gasteiger partial charge in [0, 0.05) is 0 Å². The maximum absolute atomic E-state index is 11.6. The first-order chi connectivity index (χ1) is 5.75. The fourth-order valence-electron chi connectivity index (χ4n) is 0.356. The van der Waals surface area contributed by atoms with Crippen molar-refractivity contribution < 1.29 is 95.3 Å². The van der Waals surface area contributed by atoms with E-state index in [4.69, 9.17) is 0 Å². The molecule has 0 nitrogen and oxygen atoms in total. The van der Waals surface area contributed by atoms with Crippen LogP contribution in [0.5, 0.6) is 0 Å². The van der Waals surface area contributed by atoms with Crippen molar-refractivity contribution in [1.82, 2.24) is 0 Å². The van der Waals surface area contributed by atoms with Gasteiger partial charge in [0.25, 0.3) is 0 Å². The third-order valence-corrected chi connectivity index (χ3v) is 1.11. The van der Waals surface area contributed by atoms with E-state index in [9.17, 15) is 43.9 Å². The van der Waals surface area contributed by atoms with Crippen molar-refractivity contribution >= 4 is 0 Å². The van der Waals surface area contributed by atoms with Crippen LogP contribution >= 0.6 is 0 Å². The van der Waals surface area contributed by atoms with E-state index in [0.717, 1.165) is 0 Å². The summed E-state index contributed by atoms with van der Waals surface area (Å²) in [5.41, 5.74) is 0. The Bertz CT molecular complexity index is 186. The van der Waals surface area contributed by atoms with Crippen molar-refractivity contribution in [3.05, 3.63) is 0 Å². The van der Waals surface area contributed by atoms with Crippen molar-refractivity contribution in [1.29, 1.82) is 0 Å². The summed E-state index contributed by atoms with van der Waals surface area (Å²) >= 11 is 0. The predicted molar refractivity (Wildman–Crippen MR) is 22.0 cm³/mol. The minimum Gasteiger partial charge on any atom is -0.189 e. The van der Waals surface area contributed by atoms with Gasteiger partial charge in [-0.15, -0.1) is 0 Å². The number of alkyl halides is 10. The van der Waals surface area contributed by atoms with Gasteiger partial charge in [-0.05, 0) is 0 Å². The molecule has 0 saturated carbocycles. The van der Waals surface area contributed by atoms with Crippen LogP contribution in [-0.2, 0) is 0 Å². The third kappa shape index (κ3) is 3.20. The molecule has 0 rings (SSSR count). The van der Waals surface area contributed by atoms with Gasteiger partial charge in [-0.2, -0.15) is 43.9 Å². The number of hydrogen-bond acceptors (Lipinski definition) is 0. The summed E-state index contributed by atoms with van der Waals surface area (Å²) in [4.78, 5) is 0. The van der Waals surface area contributed by atoms with Gasteiger partial charge >= 0.3 is 75.6 Å². The first-order valence-electron chi connectivity index (χ1n) is 2.64. The molecule has 0 radical (unpaired) electrons. The largest absolute Gasteiger partial charge is 1.00 e. The van der Waals surface area contributed by atoms with Gasteiger partial charge in [-0.1, -0.05) is 0 Å². The fourth-order valence-corrected chi connectivity index (χ4v) is 0.356.